The first kappa shape index (κ1) is 11.9. The monoisotopic (exact) mass is 244 g/mol. The minimum atomic E-state index is -0.790. The molecule has 1 N–H and O–H groups in total. The van der Waals surface area contributed by atoms with Gasteiger partial charge in [0.25, 0.3) is 0 Å². The Labute approximate surface area is 101 Å². The average molecular weight is 244 g/mol. The summed E-state index contributed by atoms with van der Waals surface area (Å²) < 4.78 is 0. The number of aliphatic hydroxyl groups is 1. The maximum absolute atomic E-state index is 9.47. The van der Waals surface area contributed by atoms with Gasteiger partial charge in [-0.25, -0.2) is 0 Å². The molecular formula is C12H20O5. The van der Waals surface area contributed by atoms with Crippen LogP contribution in [-0.2, 0) is 19.6 Å². The van der Waals surface area contributed by atoms with Gasteiger partial charge in [-0.3, -0.25) is 0 Å². The molecule has 5 heteroatoms. The standard InChI is InChI=1S/C12H20O5/c13-10-4-8-12(9-5-10)16-14-11(15-17-12)6-2-1-3-7-11/h10,13H,1-9H2. The molecule has 0 unspecified atom stereocenters. The van der Waals surface area contributed by atoms with Crippen molar-refractivity contribution in [2.75, 3.05) is 0 Å². The van der Waals surface area contributed by atoms with E-state index in [1.807, 2.05) is 0 Å². The highest BCUT2D eigenvalue weighted by Crippen LogP contribution is 2.43. The van der Waals surface area contributed by atoms with Gasteiger partial charge in [-0.1, -0.05) is 6.42 Å². The van der Waals surface area contributed by atoms with Crippen LogP contribution >= 0.6 is 0 Å². The second-order valence-corrected chi connectivity index (χ2v) is 5.45. The maximum atomic E-state index is 9.47. The van der Waals surface area contributed by atoms with Gasteiger partial charge >= 0.3 is 0 Å². The summed E-state index contributed by atoms with van der Waals surface area (Å²) in [6.07, 6.45) is 7.34. The Bertz CT molecular complexity index is 254. The second kappa shape index (κ2) is 4.48. The van der Waals surface area contributed by atoms with Crippen molar-refractivity contribution in [2.24, 2.45) is 0 Å². The van der Waals surface area contributed by atoms with Gasteiger partial charge < -0.3 is 5.11 Å². The molecule has 0 aromatic heterocycles. The van der Waals surface area contributed by atoms with E-state index >= 15 is 0 Å². The number of hydrogen-bond donors (Lipinski definition) is 1. The lowest BCUT2D eigenvalue weighted by Gasteiger charge is -2.46. The van der Waals surface area contributed by atoms with E-state index in [1.165, 1.54) is 6.42 Å². The smallest absolute Gasteiger partial charge is 0.234 e. The zero-order valence-corrected chi connectivity index (χ0v) is 10.0. The first-order valence-electron chi connectivity index (χ1n) is 6.64. The van der Waals surface area contributed by atoms with Crippen LogP contribution in [0.4, 0.5) is 0 Å². The molecule has 1 aliphatic heterocycles. The fraction of sp³-hybridized carbons (Fsp3) is 1.00. The van der Waals surface area contributed by atoms with Crippen molar-refractivity contribution in [3.05, 3.63) is 0 Å². The van der Waals surface area contributed by atoms with Gasteiger partial charge in [0, 0.05) is 25.7 Å². The fourth-order valence-corrected chi connectivity index (χ4v) is 2.80. The summed E-state index contributed by atoms with van der Waals surface area (Å²) in [5.41, 5.74) is 0. The Hall–Kier alpha value is -0.200. The molecule has 3 fully saturated rings. The zero-order valence-electron chi connectivity index (χ0n) is 10.0. The van der Waals surface area contributed by atoms with Crippen molar-refractivity contribution < 1.29 is 24.7 Å². The van der Waals surface area contributed by atoms with E-state index in [0.717, 1.165) is 25.7 Å². The van der Waals surface area contributed by atoms with Crippen LogP contribution in [-0.4, -0.2) is 22.8 Å². The topological polar surface area (TPSA) is 57.2 Å². The van der Waals surface area contributed by atoms with E-state index < -0.39 is 11.6 Å². The van der Waals surface area contributed by atoms with Gasteiger partial charge in [0.15, 0.2) is 0 Å². The summed E-state index contributed by atoms with van der Waals surface area (Å²) in [5, 5.41) is 9.47. The van der Waals surface area contributed by atoms with E-state index in [2.05, 4.69) is 0 Å². The molecule has 2 saturated carbocycles. The predicted octanol–water partition coefficient (Wildman–Crippen LogP) is 2.19. The van der Waals surface area contributed by atoms with Crippen molar-refractivity contribution >= 4 is 0 Å². The van der Waals surface area contributed by atoms with Gasteiger partial charge in [0.05, 0.1) is 6.10 Å². The lowest BCUT2D eigenvalue weighted by Crippen LogP contribution is -2.53. The Morgan fingerprint density at radius 3 is 1.71 bits per heavy atom. The quantitative estimate of drug-likeness (QED) is 0.662. The fourth-order valence-electron chi connectivity index (χ4n) is 2.80. The zero-order chi connectivity index (χ0) is 11.8. The molecule has 0 amide bonds. The second-order valence-electron chi connectivity index (χ2n) is 5.45. The van der Waals surface area contributed by atoms with Crippen LogP contribution in [0.25, 0.3) is 0 Å². The van der Waals surface area contributed by atoms with Gasteiger partial charge in [0.2, 0.25) is 11.6 Å². The van der Waals surface area contributed by atoms with Crippen LogP contribution in [0.2, 0.25) is 0 Å². The normalized spacial score (nSPS) is 33.0. The van der Waals surface area contributed by atoms with E-state index in [4.69, 9.17) is 19.6 Å². The highest BCUT2D eigenvalue weighted by atomic mass is 17.4. The van der Waals surface area contributed by atoms with E-state index in [1.54, 1.807) is 0 Å². The van der Waals surface area contributed by atoms with E-state index in [0.29, 0.717) is 25.7 Å². The molecule has 2 spiro atoms. The number of hydrogen-bond acceptors (Lipinski definition) is 5. The summed E-state index contributed by atoms with van der Waals surface area (Å²) in [6, 6.07) is 0. The lowest BCUT2D eigenvalue weighted by molar-refractivity contribution is -0.663. The molecule has 3 rings (SSSR count). The van der Waals surface area contributed by atoms with Gasteiger partial charge in [-0.2, -0.15) is 19.6 Å². The lowest BCUT2D eigenvalue weighted by atomic mass is 9.92. The number of aliphatic hydroxyl groups excluding tert-OH is 1. The summed E-state index contributed by atoms with van der Waals surface area (Å²) in [4.78, 5) is 22.0. The molecular weight excluding hydrogens is 224 g/mol. The summed E-state index contributed by atoms with van der Waals surface area (Å²) >= 11 is 0. The Balaban J connectivity index is 1.59. The van der Waals surface area contributed by atoms with Gasteiger partial charge in [-0.15, -0.1) is 0 Å². The van der Waals surface area contributed by atoms with Crippen molar-refractivity contribution in [3.8, 4) is 0 Å². The first-order valence-corrected chi connectivity index (χ1v) is 6.64. The molecule has 5 nitrogen and oxygen atoms in total. The molecule has 1 saturated heterocycles. The van der Waals surface area contributed by atoms with Crippen molar-refractivity contribution in [1.82, 2.24) is 0 Å². The molecule has 98 valence electrons. The number of rotatable bonds is 0. The molecule has 1 heterocycles. The highest BCUT2D eigenvalue weighted by Gasteiger charge is 2.50. The third kappa shape index (κ3) is 2.35. The van der Waals surface area contributed by atoms with Crippen molar-refractivity contribution in [3.63, 3.8) is 0 Å². The Kier molecular flexibility index (Phi) is 3.13. The maximum Gasteiger partial charge on any atom is 0.234 e. The first-order chi connectivity index (χ1) is 8.22. The van der Waals surface area contributed by atoms with Gasteiger partial charge in [0.1, 0.15) is 0 Å². The largest absolute Gasteiger partial charge is 0.393 e. The van der Waals surface area contributed by atoms with Crippen molar-refractivity contribution in [2.45, 2.75) is 75.5 Å². The molecule has 0 bridgehead atoms. The van der Waals surface area contributed by atoms with E-state index in [-0.39, 0.29) is 6.10 Å². The third-order valence-corrected chi connectivity index (χ3v) is 4.02. The molecule has 2 aliphatic carbocycles. The summed E-state index contributed by atoms with van der Waals surface area (Å²) in [7, 11) is 0. The third-order valence-electron chi connectivity index (χ3n) is 4.02. The van der Waals surface area contributed by atoms with Crippen LogP contribution in [0.5, 0.6) is 0 Å². The van der Waals surface area contributed by atoms with E-state index in [9.17, 15) is 5.11 Å². The van der Waals surface area contributed by atoms with Crippen molar-refractivity contribution in [1.29, 1.82) is 0 Å². The molecule has 0 radical (unpaired) electrons. The SMILES string of the molecule is OC1CCC2(CC1)OOC1(CCCCC1)OO2. The van der Waals surface area contributed by atoms with Crippen LogP contribution in [0.3, 0.4) is 0 Å². The minimum Gasteiger partial charge on any atom is -0.393 e. The molecule has 17 heavy (non-hydrogen) atoms. The predicted molar refractivity (Wildman–Crippen MR) is 57.4 cm³/mol. The Morgan fingerprint density at radius 2 is 1.18 bits per heavy atom. The summed E-state index contributed by atoms with van der Waals surface area (Å²) in [5.74, 6) is -1.47. The van der Waals surface area contributed by atoms with Crippen LogP contribution < -0.4 is 0 Å². The average Bonchev–Trinajstić information content (AvgIpc) is 2.38. The Morgan fingerprint density at radius 1 is 0.706 bits per heavy atom. The minimum absolute atomic E-state index is 0.251. The van der Waals surface area contributed by atoms with Crippen LogP contribution in [0, 0.1) is 0 Å². The highest BCUT2D eigenvalue weighted by molar-refractivity contribution is 4.81. The molecule has 0 aromatic carbocycles. The summed E-state index contributed by atoms with van der Waals surface area (Å²) in [6.45, 7) is 0. The molecule has 0 atom stereocenters. The van der Waals surface area contributed by atoms with Crippen LogP contribution in [0.15, 0.2) is 0 Å². The van der Waals surface area contributed by atoms with Crippen LogP contribution in [0.1, 0.15) is 57.8 Å². The molecule has 3 aliphatic rings. The van der Waals surface area contributed by atoms with Gasteiger partial charge in [-0.05, 0) is 25.7 Å². The molecule has 0 aromatic rings.